The standard InChI is InChI=1S/C11H10ClNO2/c1-11(13-2,10(14)15-3)8-4-6-9(12)7-5-8/h4-7H,1,3H3. The topological polar surface area (TPSA) is 30.7 Å². The monoisotopic (exact) mass is 223 g/mol. The fourth-order valence-electron chi connectivity index (χ4n) is 1.20. The maximum absolute atomic E-state index is 11.5. The van der Waals surface area contributed by atoms with Crippen LogP contribution < -0.4 is 0 Å². The molecule has 0 aliphatic heterocycles. The Kier molecular flexibility index (Phi) is 3.33. The number of carbonyl (C=O) groups excluding carboxylic acids is 1. The van der Waals surface area contributed by atoms with Gasteiger partial charge in [0.25, 0.3) is 0 Å². The van der Waals surface area contributed by atoms with Crippen LogP contribution in [0.4, 0.5) is 0 Å². The van der Waals surface area contributed by atoms with Crippen LogP contribution in [0, 0.1) is 6.57 Å². The van der Waals surface area contributed by atoms with E-state index in [-0.39, 0.29) is 0 Å². The number of esters is 1. The molecule has 1 rings (SSSR count). The molecule has 0 heterocycles. The van der Waals surface area contributed by atoms with Gasteiger partial charge in [-0.15, -0.1) is 0 Å². The predicted octanol–water partition coefficient (Wildman–Crippen LogP) is 2.65. The molecule has 0 aliphatic carbocycles. The quantitative estimate of drug-likeness (QED) is 0.570. The molecule has 4 heteroatoms. The molecule has 1 aromatic rings. The van der Waals surface area contributed by atoms with Gasteiger partial charge in [0.2, 0.25) is 0 Å². The molecule has 0 bridgehead atoms. The van der Waals surface area contributed by atoms with Crippen LogP contribution in [0.5, 0.6) is 0 Å². The minimum atomic E-state index is -1.29. The average molecular weight is 224 g/mol. The summed E-state index contributed by atoms with van der Waals surface area (Å²) in [7, 11) is 1.27. The summed E-state index contributed by atoms with van der Waals surface area (Å²) < 4.78 is 4.61. The van der Waals surface area contributed by atoms with E-state index in [0.717, 1.165) is 0 Å². The first-order valence-electron chi connectivity index (χ1n) is 4.27. The molecule has 0 fully saturated rings. The molecule has 1 unspecified atom stereocenters. The molecule has 3 nitrogen and oxygen atoms in total. The summed E-state index contributed by atoms with van der Waals surface area (Å²) in [5.74, 6) is -0.570. The molecule has 0 spiro atoms. The number of hydrogen-bond acceptors (Lipinski definition) is 2. The second kappa shape index (κ2) is 4.33. The molecule has 78 valence electrons. The van der Waals surface area contributed by atoms with Crippen LogP contribution in [0.2, 0.25) is 5.02 Å². The van der Waals surface area contributed by atoms with Crippen molar-refractivity contribution in [2.75, 3.05) is 7.11 Å². The smallest absolute Gasteiger partial charge is 0.397 e. The third-order valence-corrected chi connectivity index (χ3v) is 2.46. The van der Waals surface area contributed by atoms with Crippen molar-refractivity contribution in [2.45, 2.75) is 12.5 Å². The predicted molar refractivity (Wildman–Crippen MR) is 57.4 cm³/mol. The molecule has 0 amide bonds. The summed E-state index contributed by atoms with van der Waals surface area (Å²) in [6.07, 6.45) is 0. The van der Waals surface area contributed by atoms with Gasteiger partial charge < -0.3 is 4.74 Å². The van der Waals surface area contributed by atoms with Crippen LogP contribution in [0.3, 0.4) is 0 Å². The Bertz CT molecular complexity index is 408. The minimum Gasteiger partial charge on any atom is -0.463 e. The second-order valence-electron chi connectivity index (χ2n) is 3.18. The minimum absolute atomic E-state index is 0.566. The fraction of sp³-hybridized carbons (Fsp3) is 0.273. The van der Waals surface area contributed by atoms with Crippen LogP contribution in [-0.2, 0) is 15.1 Å². The maximum atomic E-state index is 11.5. The Morgan fingerprint density at radius 2 is 2.00 bits per heavy atom. The summed E-state index contributed by atoms with van der Waals surface area (Å²) in [4.78, 5) is 14.8. The third kappa shape index (κ3) is 2.11. The Hall–Kier alpha value is -1.53. The van der Waals surface area contributed by atoms with E-state index >= 15 is 0 Å². The van der Waals surface area contributed by atoms with Gasteiger partial charge in [-0.2, -0.15) is 0 Å². The summed E-state index contributed by atoms with van der Waals surface area (Å²) >= 11 is 5.72. The number of hydrogen-bond donors (Lipinski definition) is 0. The number of halogens is 1. The zero-order chi connectivity index (χ0) is 11.5. The zero-order valence-corrected chi connectivity index (χ0v) is 9.21. The van der Waals surface area contributed by atoms with Crippen LogP contribution in [-0.4, -0.2) is 13.1 Å². The molecular formula is C11H10ClNO2. The van der Waals surface area contributed by atoms with E-state index in [1.54, 1.807) is 24.3 Å². The average Bonchev–Trinajstić information content (AvgIpc) is 2.27. The molecule has 15 heavy (non-hydrogen) atoms. The molecule has 0 aromatic heterocycles. The molecule has 0 aliphatic rings. The Morgan fingerprint density at radius 1 is 1.47 bits per heavy atom. The first-order chi connectivity index (χ1) is 7.04. The third-order valence-electron chi connectivity index (χ3n) is 2.21. The van der Waals surface area contributed by atoms with Gasteiger partial charge in [0, 0.05) is 17.5 Å². The summed E-state index contributed by atoms with van der Waals surface area (Å²) in [6, 6.07) is 6.58. The summed E-state index contributed by atoms with van der Waals surface area (Å²) in [5.41, 5.74) is -0.715. The molecular weight excluding hydrogens is 214 g/mol. The van der Waals surface area contributed by atoms with E-state index in [4.69, 9.17) is 18.2 Å². The number of carbonyl (C=O) groups is 1. The van der Waals surface area contributed by atoms with Gasteiger partial charge >= 0.3 is 11.5 Å². The van der Waals surface area contributed by atoms with E-state index in [2.05, 4.69) is 9.58 Å². The van der Waals surface area contributed by atoms with E-state index in [1.807, 2.05) is 0 Å². The fourth-order valence-corrected chi connectivity index (χ4v) is 1.33. The number of methoxy groups -OCH3 is 1. The van der Waals surface area contributed by atoms with Crippen molar-refractivity contribution in [1.82, 2.24) is 0 Å². The molecule has 0 saturated carbocycles. The van der Waals surface area contributed by atoms with Crippen molar-refractivity contribution in [3.8, 4) is 0 Å². The lowest BCUT2D eigenvalue weighted by molar-refractivity contribution is -0.145. The van der Waals surface area contributed by atoms with Gasteiger partial charge in [0.15, 0.2) is 0 Å². The normalized spacial score (nSPS) is 13.7. The highest BCUT2D eigenvalue weighted by molar-refractivity contribution is 6.30. The molecule has 1 atom stereocenters. The largest absolute Gasteiger partial charge is 0.463 e. The Balaban J connectivity index is 3.19. The van der Waals surface area contributed by atoms with Crippen LogP contribution in [0.15, 0.2) is 24.3 Å². The lowest BCUT2D eigenvalue weighted by Gasteiger charge is -2.14. The van der Waals surface area contributed by atoms with E-state index in [9.17, 15) is 4.79 Å². The number of benzene rings is 1. The first-order valence-corrected chi connectivity index (χ1v) is 4.65. The Labute approximate surface area is 93.4 Å². The van der Waals surface area contributed by atoms with Gasteiger partial charge in [-0.05, 0) is 24.3 Å². The van der Waals surface area contributed by atoms with Gasteiger partial charge in [-0.1, -0.05) is 11.6 Å². The van der Waals surface area contributed by atoms with E-state index in [0.29, 0.717) is 10.6 Å². The van der Waals surface area contributed by atoms with Crippen molar-refractivity contribution in [2.24, 2.45) is 0 Å². The highest BCUT2D eigenvalue weighted by Crippen LogP contribution is 2.27. The van der Waals surface area contributed by atoms with Crippen LogP contribution in [0.1, 0.15) is 12.5 Å². The summed E-state index contributed by atoms with van der Waals surface area (Å²) in [5, 5.41) is 0.566. The van der Waals surface area contributed by atoms with Crippen molar-refractivity contribution in [3.05, 3.63) is 46.3 Å². The van der Waals surface area contributed by atoms with Crippen molar-refractivity contribution >= 4 is 17.6 Å². The first kappa shape index (κ1) is 11.5. The van der Waals surface area contributed by atoms with Crippen molar-refractivity contribution in [3.63, 3.8) is 0 Å². The van der Waals surface area contributed by atoms with Crippen molar-refractivity contribution < 1.29 is 9.53 Å². The highest BCUT2D eigenvalue weighted by atomic mass is 35.5. The summed E-state index contributed by atoms with van der Waals surface area (Å²) in [6.45, 7) is 8.60. The van der Waals surface area contributed by atoms with Gasteiger partial charge in [-0.3, -0.25) is 4.85 Å². The zero-order valence-electron chi connectivity index (χ0n) is 8.45. The lowest BCUT2D eigenvalue weighted by Crippen LogP contribution is -2.30. The number of nitrogens with zero attached hydrogens (tertiary/aromatic N) is 1. The molecule has 0 N–H and O–H groups in total. The van der Waals surface area contributed by atoms with Crippen molar-refractivity contribution in [1.29, 1.82) is 0 Å². The van der Waals surface area contributed by atoms with E-state index < -0.39 is 11.5 Å². The number of ether oxygens (including phenoxy) is 1. The molecule has 0 radical (unpaired) electrons. The molecule has 1 aromatic carbocycles. The Morgan fingerprint density at radius 3 is 2.40 bits per heavy atom. The highest BCUT2D eigenvalue weighted by Gasteiger charge is 2.43. The second-order valence-corrected chi connectivity index (χ2v) is 3.62. The molecule has 0 saturated heterocycles. The van der Waals surface area contributed by atoms with Crippen LogP contribution in [0.25, 0.3) is 4.85 Å². The van der Waals surface area contributed by atoms with Gasteiger partial charge in [-0.25, -0.2) is 11.4 Å². The SMILES string of the molecule is [C-]#[N+]C(C)(C(=O)OC)c1ccc(Cl)cc1. The number of rotatable bonds is 2. The lowest BCUT2D eigenvalue weighted by atomic mass is 9.93. The maximum Gasteiger partial charge on any atom is 0.397 e. The van der Waals surface area contributed by atoms with Gasteiger partial charge in [0.1, 0.15) is 0 Å². The van der Waals surface area contributed by atoms with Gasteiger partial charge in [0.05, 0.1) is 7.11 Å². The van der Waals surface area contributed by atoms with Crippen LogP contribution >= 0.6 is 11.6 Å². The van der Waals surface area contributed by atoms with E-state index in [1.165, 1.54) is 14.0 Å².